The van der Waals surface area contributed by atoms with Gasteiger partial charge < -0.3 is 0 Å². The molecule has 0 aromatic carbocycles. The highest BCUT2D eigenvalue weighted by Crippen LogP contribution is 1.99. The summed E-state index contributed by atoms with van der Waals surface area (Å²) in [6, 6.07) is 0. The molecule has 0 aliphatic carbocycles. The Hall–Kier alpha value is 0.0900. The molecular formula is C7H14S. The summed E-state index contributed by atoms with van der Waals surface area (Å²) < 4.78 is 0. The maximum atomic E-state index is 2.23. The minimum Gasteiger partial charge on any atom is -0.138 e. The van der Waals surface area contributed by atoms with Gasteiger partial charge in [-0.3, -0.25) is 0 Å². The Morgan fingerprint density at radius 2 is 2.25 bits per heavy atom. The zero-order valence-electron chi connectivity index (χ0n) is 5.68. The number of hydrogen-bond acceptors (Lipinski definition) is 1. The first-order valence-electron chi connectivity index (χ1n) is 3.09. The van der Waals surface area contributed by atoms with Gasteiger partial charge in [0.25, 0.3) is 0 Å². The molecule has 0 nitrogen and oxygen atoms in total. The topological polar surface area (TPSA) is 0 Å². The highest BCUT2D eigenvalue weighted by atomic mass is 32.2. The van der Waals surface area contributed by atoms with Gasteiger partial charge in [-0.2, -0.15) is 0 Å². The zero-order chi connectivity index (χ0) is 6.24. The second-order valence-electron chi connectivity index (χ2n) is 1.75. The summed E-state index contributed by atoms with van der Waals surface area (Å²) >= 11 is 1.77. The Kier molecular flexibility index (Phi) is 7.17. The Labute approximate surface area is 56.4 Å². The molecule has 48 valence electrons. The van der Waals surface area contributed by atoms with Crippen LogP contribution in [-0.4, -0.2) is 6.26 Å². The third kappa shape index (κ3) is 6.09. The van der Waals surface area contributed by atoms with E-state index in [1.54, 1.807) is 11.8 Å². The third-order valence-electron chi connectivity index (χ3n) is 0.957. The molecule has 0 amide bonds. The zero-order valence-corrected chi connectivity index (χ0v) is 6.50. The highest BCUT2D eigenvalue weighted by molar-refractivity contribution is 8.01. The molecule has 0 fully saturated rings. The molecule has 0 aromatic rings. The molecule has 1 heteroatoms. The van der Waals surface area contributed by atoms with Crippen molar-refractivity contribution < 1.29 is 0 Å². The van der Waals surface area contributed by atoms with Crippen molar-refractivity contribution in [1.82, 2.24) is 0 Å². The van der Waals surface area contributed by atoms with Crippen LogP contribution in [0.25, 0.3) is 0 Å². The first-order valence-corrected chi connectivity index (χ1v) is 4.38. The standard InChI is InChI=1S/C7H14S/c1-3-4-5-6-7-8-2/h6-7H,3-5H2,1-2H3. The lowest BCUT2D eigenvalue weighted by molar-refractivity contribution is 0.815. The Morgan fingerprint density at radius 3 is 2.75 bits per heavy atom. The summed E-state index contributed by atoms with van der Waals surface area (Å²) in [5.74, 6) is 0. The van der Waals surface area contributed by atoms with E-state index in [4.69, 9.17) is 0 Å². The molecule has 0 spiro atoms. The van der Waals surface area contributed by atoms with Crippen molar-refractivity contribution in [2.24, 2.45) is 0 Å². The molecule has 0 heterocycles. The molecule has 0 saturated heterocycles. The predicted octanol–water partition coefficient (Wildman–Crippen LogP) is 3.05. The van der Waals surface area contributed by atoms with Gasteiger partial charge in [-0.05, 0) is 18.1 Å². The summed E-state index contributed by atoms with van der Waals surface area (Å²) in [5.41, 5.74) is 0. The molecular weight excluding hydrogens is 116 g/mol. The van der Waals surface area contributed by atoms with Crippen LogP contribution >= 0.6 is 11.8 Å². The van der Waals surface area contributed by atoms with Gasteiger partial charge in [-0.25, -0.2) is 0 Å². The smallest absolute Gasteiger partial charge is 0.0142 e. The van der Waals surface area contributed by atoms with Crippen molar-refractivity contribution in [1.29, 1.82) is 0 Å². The van der Waals surface area contributed by atoms with Crippen LogP contribution in [0.3, 0.4) is 0 Å². The van der Waals surface area contributed by atoms with Gasteiger partial charge in [0.2, 0.25) is 0 Å². The van der Waals surface area contributed by atoms with Gasteiger partial charge in [0, 0.05) is 0 Å². The summed E-state index contributed by atoms with van der Waals surface area (Å²) in [4.78, 5) is 0. The maximum Gasteiger partial charge on any atom is -0.0142 e. The molecule has 0 radical (unpaired) electrons. The molecule has 0 rings (SSSR count). The molecule has 0 aliphatic heterocycles. The average Bonchev–Trinajstić information content (AvgIpc) is 1.81. The maximum absolute atomic E-state index is 2.23. The quantitative estimate of drug-likeness (QED) is 0.527. The van der Waals surface area contributed by atoms with Crippen LogP contribution in [0.2, 0.25) is 0 Å². The van der Waals surface area contributed by atoms with Crippen LogP contribution in [0.4, 0.5) is 0 Å². The summed E-state index contributed by atoms with van der Waals surface area (Å²) in [6.07, 6.45) is 8.20. The van der Waals surface area contributed by atoms with Crippen molar-refractivity contribution in [3.8, 4) is 0 Å². The van der Waals surface area contributed by atoms with E-state index in [2.05, 4.69) is 24.7 Å². The lowest BCUT2D eigenvalue weighted by atomic mass is 10.2. The van der Waals surface area contributed by atoms with Gasteiger partial charge in [0.15, 0.2) is 0 Å². The van der Waals surface area contributed by atoms with E-state index >= 15 is 0 Å². The lowest BCUT2D eigenvalue weighted by Crippen LogP contribution is -1.63. The number of rotatable bonds is 4. The van der Waals surface area contributed by atoms with Crippen molar-refractivity contribution in [2.45, 2.75) is 26.2 Å². The molecule has 0 bridgehead atoms. The summed E-state index contributed by atoms with van der Waals surface area (Å²) in [7, 11) is 0. The van der Waals surface area contributed by atoms with Gasteiger partial charge in [0.05, 0.1) is 0 Å². The summed E-state index contributed by atoms with van der Waals surface area (Å²) in [6.45, 7) is 2.22. The first-order chi connectivity index (χ1) is 3.91. The lowest BCUT2D eigenvalue weighted by Gasteiger charge is -1.85. The van der Waals surface area contributed by atoms with Crippen LogP contribution < -0.4 is 0 Å². The minimum absolute atomic E-state index is 1.25. The number of hydrogen-bond donors (Lipinski definition) is 0. The van der Waals surface area contributed by atoms with E-state index in [9.17, 15) is 0 Å². The molecule has 0 N–H and O–H groups in total. The second-order valence-corrected chi connectivity index (χ2v) is 2.49. The predicted molar refractivity (Wildman–Crippen MR) is 42.2 cm³/mol. The van der Waals surface area contributed by atoms with Crippen molar-refractivity contribution in [2.75, 3.05) is 6.26 Å². The Bertz CT molecular complexity index is 57.4. The van der Waals surface area contributed by atoms with Gasteiger partial charge in [-0.1, -0.05) is 25.8 Å². The summed E-state index contributed by atoms with van der Waals surface area (Å²) in [5, 5.41) is 2.15. The van der Waals surface area contributed by atoms with Gasteiger partial charge in [-0.15, -0.1) is 11.8 Å². The molecule has 0 unspecified atom stereocenters. The second kappa shape index (κ2) is 7.09. The number of allylic oxidation sites excluding steroid dienone is 1. The fraction of sp³-hybridized carbons (Fsp3) is 0.714. The van der Waals surface area contributed by atoms with E-state index < -0.39 is 0 Å². The molecule has 0 atom stereocenters. The fourth-order valence-electron chi connectivity index (χ4n) is 0.486. The average molecular weight is 130 g/mol. The van der Waals surface area contributed by atoms with Crippen molar-refractivity contribution >= 4 is 11.8 Å². The van der Waals surface area contributed by atoms with Crippen LogP contribution in [-0.2, 0) is 0 Å². The largest absolute Gasteiger partial charge is 0.138 e. The normalized spacial score (nSPS) is 10.8. The first kappa shape index (κ1) is 8.09. The van der Waals surface area contributed by atoms with Gasteiger partial charge >= 0.3 is 0 Å². The SMILES string of the molecule is CCCCC=CSC. The molecule has 8 heavy (non-hydrogen) atoms. The molecule has 0 aliphatic rings. The van der Waals surface area contributed by atoms with E-state index in [1.165, 1.54) is 19.3 Å². The van der Waals surface area contributed by atoms with Crippen LogP contribution in [0.15, 0.2) is 11.5 Å². The number of unbranched alkanes of at least 4 members (excludes halogenated alkanes) is 2. The number of thioether (sulfide) groups is 1. The van der Waals surface area contributed by atoms with Gasteiger partial charge in [0.1, 0.15) is 0 Å². The van der Waals surface area contributed by atoms with Crippen LogP contribution in [0.5, 0.6) is 0 Å². The molecule has 0 aromatic heterocycles. The van der Waals surface area contributed by atoms with Crippen LogP contribution in [0, 0.1) is 0 Å². The Morgan fingerprint density at radius 1 is 1.50 bits per heavy atom. The Balaban J connectivity index is 2.80. The third-order valence-corrected chi connectivity index (χ3v) is 1.42. The van der Waals surface area contributed by atoms with Crippen molar-refractivity contribution in [3.05, 3.63) is 11.5 Å². The van der Waals surface area contributed by atoms with E-state index in [0.29, 0.717) is 0 Å². The molecule has 0 saturated carbocycles. The van der Waals surface area contributed by atoms with E-state index in [-0.39, 0.29) is 0 Å². The monoisotopic (exact) mass is 130 g/mol. The van der Waals surface area contributed by atoms with E-state index in [1.807, 2.05) is 0 Å². The highest BCUT2D eigenvalue weighted by Gasteiger charge is 1.74. The van der Waals surface area contributed by atoms with Crippen LogP contribution in [0.1, 0.15) is 26.2 Å². The van der Waals surface area contributed by atoms with Crippen molar-refractivity contribution in [3.63, 3.8) is 0 Å². The fourth-order valence-corrected chi connectivity index (χ4v) is 0.815. The van der Waals surface area contributed by atoms with E-state index in [0.717, 1.165) is 0 Å². The minimum atomic E-state index is 1.25.